The summed E-state index contributed by atoms with van der Waals surface area (Å²) in [4.78, 5) is 61.8. The summed E-state index contributed by atoms with van der Waals surface area (Å²) in [6, 6.07) is 3.54. The number of imide groups is 2. The third-order valence-corrected chi connectivity index (χ3v) is 5.53. The van der Waals surface area contributed by atoms with E-state index < -0.39 is 41.4 Å². The Morgan fingerprint density at radius 3 is 2.44 bits per heavy atom. The molecule has 0 spiro atoms. The fourth-order valence-electron chi connectivity index (χ4n) is 3.97. The molecule has 4 rings (SSSR count). The first-order valence-electron chi connectivity index (χ1n) is 10.5. The minimum atomic E-state index is -1.00. The van der Waals surface area contributed by atoms with Crippen molar-refractivity contribution in [3.63, 3.8) is 0 Å². The summed E-state index contributed by atoms with van der Waals surface area (Å²) in [5.41, 5.74) is -0.204. The summed E-state index contributed by atoms with van der Waals surface area (Å²) < 4.78 is 11.1. The van der Waals surface area contributed by atoms with Crippen LogP contribution in [0.2, 0.25) is 0 Å². The van der Waals surface area contributed by atoms with Gasteiger partial charge in [-0.2, -0.15) is 0 Å². The Labute approximate surface area is 184 Å². The second kappa shape index (κ2) is 7.92. The van der Waals surface area contributed by atoms with Crippen molar-refractivity contribution in [1.29, 1.82) is 0 Å². The molecule has 5 amide bonds. The molecule has 2 fully saturated rings. The number of benzene rings is 1. The number of alkyl carbamates (subject to hydrolysis) is 1. The maximum absolute atomic E-state index is 12.9. The van der Waals surface area contributed by atoms with Gasteiger partial charge in [0.1, 0.15) is 23.5 Å². The minimum Gasteiger partial charge on any atom is -0.490 e. The van der Waals surface area contributed by atoms with E-state index >= 15 is 0 Å². The van der Waals surface area contributed by atoms with Crippen LogP contribution in [0.25, 0.3) is 0 Å². The van der Waals surface area contributed by atoms with Crippen LogP contribution in [0.4, 0.5) is 4.79 Å². The largest absolute Gasteiger partial charge is 0.490 e. The Morgan fingerprint density at radius 1 is 1.09 bits per heavy atom. The number of carbonyl (C=O) groups is 5. The molecule has 2 N–H and O–H groups in total. The smallest absolute Gasteiger partial charge is 0.407 e. The average Bonchev–Trinajstić information content (AvgIpc) is 2.89. The zero-order chi connectivity index (χ0) is 23.2. The number of nitrogens with one attached hydrogen (secondary N) is 2. The lowest BCUT2D eigenvalue weighted by Crippen LogP contribution is -2.54. The molecule has 0 unspecified atom stereocenters. The summed E-state index contributed by atoms with van der Waals surface area (Å²) in [6.45, 7) is 5.38. The standard InChI is InChI=1S/C22H25N3O7/c1-22(2,3)32-21(30)23-11-8-13(9-11)31-12-4-5-14-15(10-12)20(29)25(19(14)28)16-6-7-17(26)24-18(16)27/h4-5,10-11,13,16H,6-9H2,1-3H3,(H,23,30)(H,24,26,27)/t11?,13?,16-/m1/s1. The lowest BCUT2D eigenvalue weighted by Gasteiger charge is -2.36. The van der Waals surface area contributed by atoms with E-state index in [0.717, 1.165) is 4.90 Å². The van der Waals surface area contributed by atoms with Crippen molar-refractivity contribution in [2.75, 3.05) is 0 Å². The lowest BCUT2D eigenvalue weighted by atomic mass is 9.89. The van der Waals surface area contributed by atoms with Gasteiger partial charge in [0, 0.05) is 25.3 Å². The molecule has 1 aliphatic carbocycles. The van der Waals surface area contributed by atoms with Crippen LogP contribution in [0.5, 0.6) is 5.75 Å². The van der Waals surface area contributed by atoms with Gasteiger partial charge < -0.3 is 14.8 Å². The van der Waals surface area contributed by atoms with Gasteiger partial charge in [-0.1, -0.05) is 0 Å². The van der Waals surface area contributed by atoms with E-state index in [9.17, 15) is 24.0 Å². The van der Waals surface area contributed by atoms with E-state index in [2.05, 4.69) is 10.6 Å². The molecule has 0 aromatic heterocycles. The summed E-state index contributed by atoms with van der Waals surface area (Å²) in [7, 11) is 0. The van der Waals surface area contributed by atoms with Crippen LogP contribution in [-0.4, -0.2) is 58.4 Å². The molecule has 170 valence electrons. The van der Waals surface area contributed by atoms with Crippen LogP contribution in [0.3, 0.4) is 0 Å². The molecule has 10 nitrogen and oxygen atoms in total. The molecule has 3 aliphatic rings. The van der Waals surface area contributed by atoms with Gasteiger partial charge in [-0.3, -0.25) is 29.4 Å². The van der Waals surface area contributed by atoms with Gasteiger partial charge in [-0.05, 0) is 45.4 Å². The van der Waals surface area contributed by atoms with E-state index in [0.29, 0.717) is 18.6 Å². The first kappa shape index (κ1) is 21.8. The molecule has 1 saturated carbocycles. The Hall–Kier alpha value is -3.43. The highest BCUT2D eigenvalue weighted by molar-refractivity contribution is 6.23. The first-order chi connectivity index (χ1) is 15.0. The number of ether oxygens (including phenoxy) is 2. The molecule has 1 atom stereocenters. The quantitative estimate of drug-likeness (QED) is 0.675. The number of hydrogen-bond acceptors (Lipinski definition) is 7. The highest BCUT2D eigenvalue weighted by atomic mass is 16.6. The number of nitrogens with zero attached hydrogens (tertiary/aromatic N) is 1. The number of fused-ring (bicyclic) bond motifs is 1. The molecule has 0 radical (unpaired) electrons. The number of hydrogen-bond donors (Lipinski definition) is 2. The van der Waals surface area contributed by atoms with E-state index in [1.165, 1.54) is 12.1 Å². The van der Waals surface area contributed by atoms with Gasteiger partial charge in [0.05, 0.1) is 11.1 Å². The second-order valence-corrected chi connectivity index (χ2v) is 9.21. The van der Waals surface area contributed by atoms with Crippen LogP contribution in [-0.2, 0) is 14.3 Å². The van der Waals surface area contributed by atoms with Crippen molar-refractivity contribution in [1.82, 2.24) is 15.5 Å². The highest BCUT2D eigenvalue weighted by Gasteiger charge is 2.45. The van der Waals surface area contributed by atoms with Crippen molar-refractivity contribution in [3.8, 4) is 5.75 Å². The van der Waals surface area contributed by atoms with E-state index in [4.69, 9.17) is 9.47 Å². The van der Waals surface area contributed by atoms with E-state index in [-0.39, 0.29) is 36.1 Å². The van der Waals surface area contributed by atoms with Gasteiger partial charge in [-0.15, -0.1) is 0 Å². The Balaban J connectivity index is 1.36. The summed E-state index contributed by atoms with van der Waals surface area (Å²) in [5.74, 6) is -1.78. The first-order valence-corrected chi connectivity index (χ1v) is 10.5. The number of amides is 5. The second-order valence-electron chi connectivity index (χ2n) is 9.21. The number of carbonyl (C=O) groups excluding carboxylic acids is 5. The summed E-state index contributed by atoms with van der Waals surface area (Å²) in [5, 5.41) is 4.95. The van der Waals surface area contributed by atoms with Gasteiger partial charge in [0.15, 0.2) is 0 Å². The number of rotatable bonds is 4. The van der Waals surface area contributed by atoms with Crippen LogP contribution in [0.15, 0.2) is 18.2 Å². The van der Waals surface area contributed by atoms with Crippen LogP contribution in [0, 0.1) is 0 Å². The molecule has 2 aliphatic heterocycles. The van der Waals surface area contributed by atoms with Gasteiger partial charge in [-0.25, -0.2) is 4.79 Å². The molecular formula is C22H25N3O7. The monoisotopic (exact) mass is 443 g/mol. The number of piperidine rings is 1. The fourth-order valence-corrected chi connectivity index (χ4v) is 3.97. The molecule has 10 heteroatoms. The average molecular weight is 443 g/mol. The van der Waals surface area contributed by atoms with Crippen molar-refractivity contribution < 1.29 is 33.4 Å². The lowest BCUT2D eigenvalue weighted by molar-refractivity contribution is -0.136. The topological polar surface area (TPSA) is 131 Å². The zero-order valence-corrected chi connectivity index (χ0v) is 18.1. The Morgan fingerprint density at radius 2 is 1.78 bits per heavy atom. The van der Waals surface area contributed by atoms with Crippen molar-refractivity contribution in [2.24, 2.45) is 0 Å². The Kier molecular flexibility index (Phi) is 5.39. The third-order valence-electron chi connectivity index (χ3n) is 5.53. The molecule has 2 heterocycles. The van der Waals surface area contributed by atoms with Gasteiger partial charge in [0.2, 0.25) is 11.8 Å². The van der Waals surface area contributed by atoms with E-state index in [1.54, 1.807) is 26.8 Å². The molecule has 1 aromatic rings. The SMILES string of the molecule is CC(C)(C)OC(=O)NC1CC(Oc2ccc3c(c2)C(=O)N([C@@H]2CCC(=O)NC2=O)C3=O)C1. The third kappa shape index (κ3) is 4.30. The molecule has 1 aromatic carbocycles. The van der Waals surface area contributed by atoms with Crippen molar-refractivity contribution in [3.05, 3.63) is 29.3 Å². The predicted molar refractivity (Wildman–Crippen MR) is 110 cm³/mol. The molecule has 1 saturated heterocycles. The zero-order valence-electron chi connectivity index (χ0n) is 18.1. The normalized spacial score (nSPS) is 25.1. The Bertz CT molecular complexity index is 1010. The molecule has 32 heavy (non-hydrogen) atoms. The maximum atomic E-state index is 12.9. The van der Waals surface area contributed by atoms with Crippen LogP contribution in [0.1, 0.15) is 67.2 Å². The van der Waals surface area contributed by atoms with E-state index in [1.807, 2.05) is 0 Å². The maximum Gasteiger partial charge on any atom is 0.407 e. The van der Waals surface area contributed by atoms with Gasteiger partial charge >= 0.3 is 6.09 Å². The minimum absolute atomic E-state index is 0.0597. The summed E-state index contributed by atoms with van der Waals surface area (Å²) in [6.07, 6.45) is 0.728. The predicted octanol–water partition coefficient (Wildman–Crippen LogP) is 1.52. The van der Waals surface area contributed by atoms with Crippen LogP contribution < -0.4 is 15.4 Å². The van der Waals surface area contributed by atoms with Gasteiger partial charge in [0.25, 0.3) is 11.8 Å². The fraction of sp³-hybridized carbons (Fsp3) is 0.500. The van der Waals surface area contributed by atoms with Crippen molar-refractivity contribution in [2.45, 2.75) is 70.2 Å². The van der Waals surface area contributed by atoms with Crippen molar-refractivity contribution >= 4 is 29.7 Å². The highest BCUT2D eigenvalue weighted by Crippen LogP contribution is 2.32. The summed E-state index contributed by atoms with van der Waals surface area (Å²) >= 11 is 0. The molecular weight excluding hydrogens is 418 g/mol. The molecule has 0 bridgehead atoms. The van der Waals surface area contributed by atoms with Crippen LogP contribution >= 0.6 is 0 Å².